The third kappa shape index (κ3) is 10.7. The molecule has 0 saturated heterocycles. The van der Waals surface area contributed by atoms with E-state index >= 15 is 0 Å². The van der Waals surface area contributed by atoms with Gasteiger partial charge in [0.05, 0.1) is 6.61 Å². The van der Waals surface area contributed by atoms with Gasteiger partial charge in [-0.2, -0.15) is 0 Å². The number of hydrogen-bond acceptors (Lipinski definition) is 2. The summed E-state index contributed by atoms with van der Waals surface area (Å²) in [4.78, 5) is 9.32. The second-order valence-corrected chi connectivity index (χ2v) is 6.23. The van der Waals surface area contributed by atoms with Gasteiger partial charge in [-0.15, -0.1) is 0 Å². The summed E-state index contributed by atoms with van der Waals surface area (Å²) in [5.74, 6) is 0. The Bertz CT molecular complexity index is 195. The SMILES string of the molecule is CCCCCCCCCCP(=O)(O)OCC. The molecule has 0 aromatic rings. The summed E-state index contributed by atoms with van der Waals surface area (Å²) in [5, 5.41) is 0. The average Bonchev–Trinajstić information content (AvgIpc) is 2.22. The molecule has 0 radical (unpaired) electrons. The van der Waals surface area contributed by atoms with Crippen molar-refractivity contribution in [1.29, 1.82) is 0 Å². The van der Waals surface area contributed by atoms with E-state index in [0.717, 1.165) is 12.8 Å². The Labute approximate surface area is 100 Å². The van der Waals surface area contributed by atoms with Crippen LogP contribution in [0.3, 0.4) is 0 Å². The maximum atomic E-state index is 11.3. The largest absolute Gasteiger partial charge is 0.328 e. The van der Waals surface area contributed by atoms with Gasteiger partial charge in [-0.3, -0.25) is 4.57 Å². The predicted octanol–water partition coefficient (Wildman–Crippen LogP) is 4.35. The highest BCUT2D eigenvalue weighted by atomic mass is 31.2. The van der Waals surface area contributed by atoms with Gasteiger partial charge in [-0.05, 0) is 13.3 Å². The van der Waals surface area contributed by atoms with Gasteiger partial charge >= 0.3 is 7.60 Å². The Morgan fingerprint density at radius 2 is 1.44 bits per heavy atom. The maximum absolute atomic E-state index is 11.3. The molecule has 0 spiro atoms. The first-order valence-electron chi connectivity index (χ1n) is 6.58. The highest BCUT2D eigenvalue weighted by Gasteiger charge is 2.16. The zero-order chi connectivity index (χ0) is 12.3. The summed E-state index contributed by atoms with van der Waals surface area (Å²) < 4.78 is 16.1. The third-order valence-electron chi connectivity index (χ3n) is 2.63. The minimum Gasteiger partial charge on any atom is -0.324 e. The van der Waals surface area contributed by atoms with Crippen LogP contribution in [0.4, 0.5) is 0 Å². The van der Waals surface area contributed by atoms with E-state index in [1.165, 1.54) is 38.5 Å². The molecule has 0 fully saturated rings. The Morgan fingerprint density at radius 3 is 1.94 bits per heavy atom. The van der Waals surface area contributed by atoms with Gasteiger partial charge < -0.3 is 9.42 Å². The van der Waals surface area contributed by atoms with E-state index in [0.29, 0.717) is 12.8 Å². The first-order valence-corrected chi connectivity index (χ1v) is 8.35. The minimum absolute atomic E-state index is 0.315. The van der Waals surface area contributed by atoms with Crippen molar-refractivity contribution in [3.8, 4) is 0 Å². The standard InChI is InChI=1S/C12H27O3P/c1-3-5-6-7-8-9-10-11-12-16(13,14)15-4-2/h3-12H2,1-2H3,(H,13,14). The fourth-order valence-corrected chi connectivity index (χ4v) is 2.87. The van der Waals surface area contributed by atoms with Crippen molar-refractivity contribution in [2.24, 2.45) is 0 Å². The second-order valence-electron chi connectivity index (χ2n) is 4.25. The number of rotatable bonds is 11. The van der Waals surface area contributed by atoms with Gasteiger partial charge in [0.15, 0.2) is 0 Å². The number of hydrogen-bond donors (Lipinski definition) is 1. The van der Waals surface area contributed by atoms with Crippen molar-refractivity contribution in [2.75, 3.05) is 12.8 Å². The van der Waals surface area contributed by atoms with E-state index in [9.17, 15) is 9.46 Å². The molecule has 0 aromatic carbocycles. The van der Waals surface area contributed by atoms with Crippen LogP contribution < -0.4 is 0 Å². The van der Waals surface area contributed by atoms with Crippen LogP contribution in [-0.2, 0) is 9.09 Å². The normalized spacial score (nSPS) is 14.9. The van der Waals surface area contributed by atoms with Crippen molar-refractivity contribution < 1.29 is 14.0 Å². The van der Waals surface area contributed by atoms with E-state index in [2.05, 4.69) is 6.92 Å². The van der Waals surface area contributed by atoms with Gasteiger partial charge in [0.25, 0.3) is 0 Å². The molecule has 98 valence electrons. The van der Waals surface area contributed by atoms with Crippen LogP contribution >= 0.6 is 7.60 Å². The molecule has 1 unspecified atom stereocenters. The second kappa shape index (κ2) is 10.3. The molecule has 0 aliphatic rings. The van der Waals surface area contributed by atoms with Gasteiger partial charge in [0.1, 0.15) is 0 Å². The number of unbranched alkanes of at least 4 members (excludes halogenated alkanes) is 7. The maximum Gasteiger partial charge on any atom is 0.328 e. The van der Waals surface area contributed by atoms with E-state index in [1.54, 1.807) is 6.92 Å². The van der Waals surface area contributed by atoms with Gasteiger partial charge in [-0.25, -0.2) is 0 Å². The van der Waals surface area contributed by atoms with Crippen molar-refractivity contribution in [3.05, 3.63) is 0 Å². The summed E-state index contributed by atoms with van der Waals surface area (Å²) >= 11 is 0. The van der Waals surface area contributed by atoms with Crippen molar-refractivity contribution in [1.82, 2.24) is 0 Å². The molecule has 4 heteroatoms. The van der Waals surface area contributed by atoms with E-state index < -0.39 is 7.60 Å². The lowest BCUT2D eigenvalue weighted by Gasteiger charge is -2.09. The zero-order valence-corrected chi connectivity index (χ0v) is 11.7. The molecule has 1 N–H and O–H groups in total. The molecule has 0 heterocycles. The van der Waals surface area contributed by atoms with Crippen LogP contribution in [-0.4, -0.2) is 17.7 Å². The van der Waals surface area contributed by atoms with E-state index in [4.69, 9.17) is 4.52 Å². The van der Waals surface area contributed by atoms with Crippen molar-refractivity contribution in [2.45, 2.75) is 65.2 Å². The minimum atomic E-state index is -3.26. The molecular weight excluding hydrogens is 223 g/mol. The van der Waals surface area contributed by atoms with Crippen LogP contribution in [0, 0.1) is 0 Å². The van der Waals surface area contributed by atoms with Crippen LogP contribution in [0.2, 0.25) is 0 Å². The smallest absolute Gasteiger partial charge is 0.324 e. The average molecular weight is 250 g/mol. The van der Waals surface area contributed by atoms with Crippen molar-refractivity contribution >= 4 is 7.60 Å². The van der Waals surface area contributed by atoms with Crippen LogP contribution in [0.1, 0.15) is 65.2 Å². The molecule has 3 nitrogen and oxygen atoms in total. The first kappa shape index (κ1) is 16.1. The monoisotopic (exact) mass is 250 g/mol. The van der Waals surface area contributed by atoms with Crippen LogP contribution in [0.5, 0.6) is 0 Å². The van der Waals surface area contributed by atoms with Gasteiger partial charge in [-0.1, -0.05) is 51.9 Å². The summed E-state index contributed by atoms with van der Waals surface area (Å²) in [6.45, 7) is 4.29. The molecule has 1 atom stereocenters. The molecule has 0 rings (SSSR count). The fourth-order valence-electron chi connectivity index (χ4n) is 1.71. The molecule has 0 aliphatic heterocycles. The third-order valence-corrected chi connectivity index (χ3v) is 4.17. The first-order chi connectivity index (χ1) is 7.62. The van der Waals surface area contributed by atoms with E-state index in [1.807, 2.05) is 0 Å². The molecule has 0 saturated carbocycles. The molecular formula is C12H27O3P. The highest BCUT2D eigenvalue weighted by Crippen LogP contribution is 2.42. The molecule has 0 amide bonds. The molecule has 0 aliphatic carbocycles. The molecule has 0 aromatic heterocycles. The van der Waals surface area contributed by atoms with Crippen molar-refractivity contribution in [3.63, 3.8) is 0 Å². The Morgan fingerprint density at radius 1 is 0.938 bits per heavy atom. The lowest BCUT2D eigenvalue weighted by Crippen LogP contribution is -1.94. The summed E-state index contributed by atoms with van der Waals surface area (Å²) in [5.41, 5.74) is 0. The highest BCUT2D eigenvalue weighted by molar-refractivity contribution is 7.52. The van der Waals surface area contributed by atoms with Crippen LogP contribution in [0.15, 0.2) is 0 Å². The quantitative estimate of drug-likeness (QED) is 0.438. The Kier molecular flexibility index (Phi) is 10.4. The Balaban J connectivity index is 3.23. The zero-order valence-electron chi connectivity index (χ0n) is 10.8. The van der Waals surface area contributed by atoms with Gasteiger partial charge in [0, 0.05) is 6.16 Å². The molecule has 0 bridgehead atoms. The summed E-state index contributed by atoms with van der Waals surface area (Å²) in [6.07, 6.45) is 9.84. The van der Waals surface area contributed by atoms with E-state index in [-0.39, 0.29) is 0 Å². The summed E-state index contributed by atoms with van der Waals surface area (Å²) in [6, 6.07) is 0. The fraction of sp³-hybridized carbons (Fsp3) is 1.00. The lowest BCUT2D eigenvalue weighted by molar-refractivity contribution is 0.272. The van der Waals surface area contributed by atoms with Gasteiger partial charge in [0.2, 0.25) is 0 Å². The molecule has 16 heavy (non-hydrogen) atoms. The predicted molar refractivity (Wildman–Crippen MR) is 68.9 cm³/mol. The summed E-state index contributed by atoms with van der Waals surface area (Å²) in [7, 11) is -3.26. The lowest BCUT2D eigenvalue weighted by atomic mass is 10.1. The van der Waals surface area contributed by atoms with Crippen LogP contribution in [0.25, 0.3) is 0 Å². The Hall–Kier alpha value is 0.150. The topological polar surface area (TPSA) is 46.5 Å².